The van der Waals surface area contributed by atoms with Gasteiger partial charge in [-0.1, -0.05) is 45.4 Å². The molecular weight excluding hydrogens is 278 g/mol. The number of carbonyl (C=O) groups is 1. The number of ether oxygens (including phenoxy) is 2. The fourth-order valence-electron chi connectivity index (χ4n) is 2.32. The molecule has 1 aromatic rings. The maximum atomic E-state index is 12.1. The van der Waals surface area contributed by atoms with E-state index in [2.05, 4.69) is 12.2 Å². The van der Waals surface area contributed by atoms with Crippen LogP contribution < -0.4 is 14.8 Å². The molecule has 1 N–H and O–H groups in total. The van der Waals surface area contributed by atoms with E-state index in [0.29, 0.717) is 23.6 Å². The Morgan fingerprint density at radius 3 is 2.00 bits per heavy atom. The van der Waals surface area contributed by atoms with Crippen molar-refractivity contribution in [3.05, 3.63) is 23.8 Å². The van der Waals surface area contributed by atoms with Gasteiger partial charge in [0.1, 0.15) is 11.5 Å². The molecule has 0 saturated carbocycles. The highest BCUT2D eigenvalue weighted by atomic mass is 16.5. The molecular formula is C18H29NO3. The Bertz CT molecular complexity index is 424. The van der Waals surface area contributed by atoms with Crippen molar-refractivity contribution in [3.63, 3.8) is 0 Å². The third-order valence-electron chi connectivity index (χ3n) is 3.68. The molecule has 22 heavy (non-hydrogen) atoms. The van der Waals surface area contributed by atoms with Gasteiger partial charge in [-0.05, 0) is 18.6 Å². The lowest BCUT2D eigenvalue weighted by molar-refractivity contribution is 0.0952. The Morgan fingerprint density at radius 2 is 1.45 bits per heavy atom. The number of unbranched alkanes of at least 4 members (excludes halogenated alkanes) is 6. The van der Waals surface area contributed by atoms with E-state index in [-0.39, 0.29) is 5.91 Å². The van der Waals surface area contributed by atoms with Gasteiger partial charge >= 0.3 is 0 Å². The molecule has 4 heteroatoms. The van der Waals surface area contributed by atoms with Gasteiger partial charge in [0.25, 0.3) is 5.91 Å². The zero-order valence-electron chi connectivity index (χ0n) is 14.1. The summed E-state index contributed by atoms with van der Waals surface area (Å²) in [7, 11) is 3.16. The van der Waals surface area contributed by atoms with Crippen LogP contribution in [-0.2, 0) is 0 Å². The Morgan fingerprint density at radius 1 is 0.909 bits per heavy atom. The highest BCUT2D eigenvalue weighted by molar-refractivity contribution is 5.95. The van der Waals surface area contributed by atoms with Crippen LogP contribution in [0, 0.1) is 0 Å². The number of nitrogens with one attached hydrogen (secondary N) is 1. The number of hydrogen-bond donors (Lipinski definition) is 1. The molecule has 0 spiro atoms. The predicted octanol–water partition coefficient (Wildman–Crippen LogP) is 4.18. The lowest BCUT2D eigenvalue weighted by Gasteiger charge is -2.09. The number of hydrogen-bond acceptors (Lipinski definition) is 3. The van der Waals surface area contributed by atoms with Crippen molar-refractivity contribution < 1.29 is 14.3 Å². The third-order valence-corrected chi connectivity index (χ3v) is 3.68. The summed E-state index contributed by atoms with van der Waals surface area (Å²) in [4.78, 5) is 12.1. The molecule has 4 nitrogen and oxygen atoms in total. The van der Waals surface area contributed by atoms with E-state index in [1.54, 1.807) is 32.4 Å². The highest BCUT2D eigenvalue weighted by Crippen LogP contribution is 2.22. The van der Waals surface area contributed by atoms with Crippen molar-refractivity contribution >= 4 is 5.91 Å². The van der Waals surface area contributed by atoms with E-state index in [0.717, 1.165) is 6.42 Å². The highest BCUT2D eigenvalue weighted by Gasteiger charge is 2.09. The zero-order valence-corrected chi connectivity index (χ0v) is 14.1. The summed E-state index contributed by atoms with van der Waals surface area (Å²) >= 11 is 0. The first-order valence-corrected chi connectivity index (χ1v) is 8.22. The first-order valence-electron chi connectivity index (χ1n) is 8.22. The lowest BCUT2D eigenvalue weighted by Crippen LogP contribution is -2.24. The summed E-state index contributed by atoms with van der Waals surface area (Å²) in [6, 6.07) is 5.21. The fourth-order valence-corrected chi connectivity index (χ4v) is 2.32. The molecule has 1 aromatic carbocycles. The van der Waals surface area contributed by atoms with Crippen molar-refractivity contribution in [1.82, 2.24) is 5.32 Å². The third kappa shape index (κ3) is 6.83. The van der Waals surface area contributed by atoms with Crippen LogP contribution in [-0.4, -0.2) is 26.7 Å². The Balaban J connectivity index is 2.30. The Kier molecular flexibility index (Phi) is 9.12. The molecule has 0 bridgehead atoms. The predicted molar refractivity (Wildman–Crippen MR) is 89.9 cm³/mol. The van der Waals surface area contributed by atoms with Gasteiger partial charge in [-0.15, -0.1) is 0 Å². The topological polar surface area (TPSA) is 47.6 Å². The maximum absolute atomic E-state index is 12.1. The first-order chi connectivity index (χ1) is 10.7. The van der Waals surface area contributed by atoms with Gasteiger partial charge in [0, 0.05) is 18.2 Å². The van der Waals surface area contributed by atoms with Crippen LogP contribution in [0.5, 0.6) is 11.5 Å². The lowest BCUT2D eigenvalue weighted by atomic mass is 10.1. The van der Waals surface area contributed by atoms with Crippen LogP contribution in [0.1, 0.15) is 62.2 Å². The molecule has 0 heterocycles. The van der Waals surface area contributed by atoms with Crippen molar-refractivity contribution in [3.8, 4) is 11.5 Å². The number of carbonyl (C=O) groups excluding carboxylic acids is 1. The Labute approximate surface area is 134 Å². The quantitative estimate of drug-likeness (QED) is 0.624. The molecule has 0 aliphatic carbocycles. The molecule has 0 radical (unpaired) electrons. The minimum atomic E-state index is -0.0804. The van der Waals surface area contributed by atoms with Crippen LogP contribution in [0.2, 0.25) is 0 Å². The molecule has 1 amide bonds. The summed E-state index contributed by atoms with van der Waals surface area (Å²) in [6.07, 6.45) is 8.68. The van der Waals surface area contributed by atoms with Gasteiger partial charge in [-0.2, -0.15) is 0 Å². The standard InChI is InChI=1S/C18H29NO3/c1-4-5-6-7-8-9-10-11-19-18(20)15-12-16(21-2)14-17(13-15)22-3/h12-14H,4-11H2,1-3H3,(H,19,20). The van der Waals surface area contributed by atoms with E-state index in [4.69, 9.17) is 9.47 Å². The van der Waals surface area contributed by atoms with E-state index < -0.39 is 0 Å². The summed E-state index contributed by atoms with van der Waals surface area (Å²) in [5, 5.41) is 2.95. The van der Waals surface area contributed by atoms with Gasteiger partial charge in [-0.25, -0.2) is 0 Å². The van der Waals surface area contributed by atoms with E-state index in [9.17, 15) is 4.79 Å². The van der Waals surface area contributed by atoms with Crippen LogP contribution in [0.4, 0.5) is 0 Å². The summed E-state index contributed by atoms with van der Waals surface area (Å²) in [6.45, 7) is 2.94. The molecule has 0 aliphatic rings. The average molecular weight is 307 g/mol. The smallest absolute Gasteiger partial charge is 0.251 e. The molecule has 124 valence electrons. The largest absolute Gasteiger partial charge is 0.497 e. The summed E-state index contributed by atoms with van der Waals surface area (Å²) < 4.78 is 10.4. The van der Waals surface area contributed by atoms with E-state index in [1.165, 1.54) is 38.5 Å². The van der Waals surface area contributed by atoms with Gasteiger partial charge in [0.15, 0.2) is 0 Å². The molecule has 0 atom stereocenters. The minimum absolute atomic E-state index is 0.0804. The van der Waals surface area contributed by atoms with Gasteiger partial charge < -0.3 is 14.8 Å². The van der Waals surface area contributed by atoms with E-state index >= 15 is 0 Å². The zero-order chi connectivity index (χ0) is 16.2. The number of methoxy groups -OCH3 is 2. The van der Waals surface area contributed by atoms with Crippen molar-refractivity contribution in [2.75, 3.05) is 20.8 Å². The molecule has 0 aromatic heterocycles. The number of benzene rings is 1. The second kappa shape index (κ2) is 10.9. The monoisotopic (exact) mass is 307 g/mol. The van der Waals surface area contributed by atoms with Crippen molar-refractivity contribution in [1.29, 1.82) is 0 Å². The maximum Gasteiger partial charge on any atom is 0.251 e. The van der Waals surface area contributed by atoms with Crippen LogP contribution in [0.15, 0.2) is 18.2 Å². The number of rotatable bonds is 11. The molecule has 0 saturated heterocycles. The first kappa shape index (κ1) is 18.3. The Hall–Kier alpha value is -1.71. The number of amides is 1. The van der Waals surface area contributed by atoms with Crippen molar-refractivity contribution in [2.45, 2.75) is 51.9 Å². The van der Waals surface area contributed by atoms with Gasteiger partial charge in [0.2, 0.25) is 0 Å². The summed E-state index contributed by atoms with van der Waals surface area (Å²) in [5.74, 6) is 1.17. The second-order valence-electron chi connectivity index (χ2n) is 5.48. The molecule has 0 aliphatic heterocycles. The summed E-state index contributed by atoms with van der Waals surface area (Å²) in [5.41, 5.74) is 0.569. The molecule has 0 unspecified atom stereocenters. The van der Waals surface area contributed by atoms with Gasteiger partial charge in [-0.3, -0.25) is 4.79 Å². The molecule has 1 rings (SSSR count). The van der Waals surface area contributed by atoms with Crippen LogP contribution in [0.25, 0.3) is 0 Å². The second-order valence-corrected chi connectivity index (χ2v) is 5.48. The van der Waals surface area contributed by atoms with Crippen LogP contribution >= 0.6 is 0 Å². The normalized spacial score (nSPS) is 10.3. The van der Waals surface area contributed by atoms with Crippen molar-refractivity contribution in [2.24, 2.45) is 0 Å². The van der Waals surface area contributed by atoms with E-state index in [1.807, 2.05) is 0 Å². The fraction of sp³-hybridized carbons (Fsp3) is 0.611. The minimum Gasteiger partial charge on any atom is -0.497 e. The SMILES string of the molecule is CCCCCCCCCNC(=O)c1cc(OC)cc(OC)c1. The average Bonchev–Trinajstić information content (AvgIpc) is 2.56. The molecule has 0 fully saturated rings. The van der Waals surface area contributed by atoms with Crippen LogP contribution in [0.3, 0.4) is 0 Å². The van der Waals surface area contributed by atoms with Gasteiger partial charge in [0.05, 0.1) is 14.2 Å².